The third-order valence-electron chi connectivity index (χ3n) is 1.01. The minimum absolute atomic E-state index is 0.218. The second-order valence-corrected chi connectivity index (χ2v) is 1.97. The third-order valence-corrected chi connectivity index (χ3v) is 1.01. The standard InChI is InChI=1S/C8H9NO4/c1-3-12-7(10)5-13-8(11)6(2)4-9/h2-3,5H2,1H3. The van der Waals surface area contributed by atoms with Gasteiger partial charge >= 0.3 is 11.9 Å². The van der Waals surface area contributed by atoms with Crippen molar-refractivity contribution < 1.29 is 19.1 Å². The van der Waals surface area contributed by atoms with E-state index in [2.05, 4.69) is 16.1 Å². The number of esters is 2. The number of rotatable bonds is 4. The van der Waals surface area contributed by atoms with Crippen molar-refractivity contribution in [3.8, 4) is 6.07 Å². The lowest BCUT2D eigenvalue weighted by Gasteiger charge is -2.02. The zero-order valence-electron chi connectivity index (χ0n) is 7.20. The lowest BCUT2D eigenvalue weighted by Crippen LogP contribution is -2.16. The van der Waals surface area contributed by atoms with Crippen molar-refractivity contribution in [3.63, 3.8) is 0 Å². The molecule has 0 spiro atoms. The van der Waals surface area contributed by atoms with E-state index in [9.17, 15) is 9.59 Å². The van der Waals surface area contributed by atoms with Crippen molar-refractivity contribution >= 4 is 11.9 Å². The molecule has 0 heterocycles. The largest absolute Gasteiger partial charge is 0.463 e. The molecule has 0 aliphatic heterocycles. The molecule has 0 rings (SSSR count). The number of carbonyl (C=O) groups excluding carboxylic acids is 2. The van der Waals surface area contributed by atoms with E-state index in [0.717, 1.165) is 0 Å². The molecule has 0 aromatic heterocycles. The van der Waals surface area contributed by atoms with Gasteiger partial charge in [0.2, 0.25) is 0 Å². The molecule has 0 atom stereocenters. The Morgan fingerprint density at radius 2 is 2.08 bits per heavy atom. The molecule has 0 aliphatic rings. The lowest BCUT2D eigenvalue weighted by atomic mass is 10.3. The van der Waals surface area contributed by atoms with Gasteiger partial charge < -0.3 is 9.47 Å². The molecule has 0 fully saturated rings. The van der Waals surface area contributed by atoms with E-state index < -0.39 is 18.5 Å². The number of carbonyl (C=O) groups is 2. The molecule has 0 aromatic rings. The average Bonchev–Trinajstić information content (AvgIpc) is 2.13. The van der Waals surface area contributed by atoms with Gasteiger partial charge in [0.1, 0.15) is 11.6 Å². The molecule has 5 heteroatoms. The van der Waals surface area contributed by atoms with E-state index in [0.29, 0.717) is 0 Å². The number of hydrogen-bond donors (Lipinski definition) is 0. The Bertz CT molecular complexity index is 264. The van der Waals surface area contributed by atoms with Crippen LogP contribution in [0.2, 0.25) is 0 Å². The van der Waals surface area contributed by atoms with Crippen LogP contribution in [0, 0.1) is 11.3 Å². The van der Waals surface area contributed by atoms with E-state index in [4.69, 9.17) is 5.26 Å². The molecular weight excluding hydrogens is 174 g/mol. The van der Waals surface area contributed by atoms with Crippen LogP contribution in [0.15, 0.2) is 12.2 Å². The van der Waals surface area contributed by atoms with Crippen LogP contribution in [0.3, 0.4) is 0 Å². The molecule has 0 unspecified atom stereocenters. The normalized spacial score (nSPS) is 8.31. The fourth-order valence-corrected chi connectivity index (χ4v) is 0.460. The maximum atomic E-state index is 10.7. The molecule has 0 aliphatic carbocycles. The summed E-state index contributed by atoms with van der Waals surface area (Å²) >= 11 is 0. The van der Waals surface area contributed by atoms with Gasteiger partial charge in [-0.25, -0.2) is 9.59 Å². The highest BCUT2D eigenvalue weighted by atomic mass is 16.6. The lowest BCUT2D eigenvalue weighted by molar-refractivity contribution is -0.156. The van der Waals surface area contributed by atoms with Crippen LogP contribution in [0.25, 0.3) is 0 Å². The van der Waals surface area contributed by atoms with Crippen molar-refractivity contribution in [1.29, 1.82) is 5.26 Å². The number of hydrogen-bond acceptors (Lipinski definition) is 5. The van der Waals surface area contributed by atoms with E-state index in [-0.39, 0.29) is 12.2 Å². The molecule has 5 nitrogen and oxygen atoms in total. The Balaban J connectivity index is 3.78. The van der Waals surface area contributed by atoms with Crippen LogP contribution in [0.1, 0.15) is 6.92 Å². The van der Waals surface area contributed by atoms with Crippen LogP contribution in [0.5, 0.6) is 0 Å². The van der Waals surface area contributed by atoms with Gasteiger partial charge in [-0.1, -0.05) is 6.58 Å². The summed E-state index contributed by atoms with van der Waals surface area (Å²) < 4.78 is 8.85. The Labute approximate surface area is 75.5 Å². The molecule has 0 bridgehead atoms. The van der Waals surface area contributed by atoms with Gasteiger partial charge in [0.15, 0.2) is 6.61 Å². The second kappa shape index (κ2) is 5.77. The number of nitrogens with zero attached hydrogens (tertiary/aromatic N) is 1. The van der Waals surface area contributed by atoms with E-state index in [1.807, 2.05) is 0 Å². The predicted octanol–water partition coefficient (Wildman–Crippen LogP) is 0.172. The molecule has 0 radical (unpaired) electrons. The summed E-state index contributed by atoms with van der Waals surface area (Å²) in [6.45, 7) is 4.47. The van der Waals surface area contributed by atoms with Gasteiger partial charge in [0.25, 0.3) is 0 Å². The number of ether oxygens (including phenoxy) is 2. The van der Waals surface area contributed by atoms with Gasteiger partial charge in [-0.2, -0.15) is 5.26 Å². The predicted molar refractivity (Wildman–Crippen MR) is 42.3 cm³/mol. The highest BCUT2D eigenvalue weighted by Crippen LogP contribution is 1.92. The first-order valence-electron chi connectivity index (χ1n) is 3.53. The van der Waals surface area contributed by atoms with Gasteiger partial charge in [-0.05, 0) is 6.92 Å². The molecule has 0 amide bonds. The Hall–Kier alpha value is -1.83. The van der Waals surface area contributed by atoms with Crippen LogP contribution in [-0.2, 0) is 19.1 Å². The first-order valence-corrected chi connectivity index (χ1v) is 3.53. The van der Waals surface area contributed by atoms with Crippen molar-refractivity contribution in [2.45, 2.75) is 6.92 Å². The first kappa shape index (κ1) is 11.2. The average molecular weight is 183 g/mol. The number of nitriles is 1. The molecule has 0 saturated heterocycles. The SMILES string of the molecule is C=C(C#N)C(=O)OCC(=O)OCC. The third kappa shape index (κ3) is 4.58. The summed E-state index contributed by atoms with van der Waals surface area (Å²) in [7, 11) is 0. The molecule has 70 valence electrons. The van der Waals surface area contributed by atoms with Gasteiger partial charge in [-0.3, -0.25) is 0 Å². The quantitative estimate of drug-likeness (QED) is 0.353. The maximum absolute atomic E-state index is 10.7. The summed E-state index contributed by atoms with van der Waals surface area (Å²) in [6.07, 6.45) is 0. The zero-order valence-corrected chi connectivity index (χ0v) is 7.20. The Morgan fingerprint density at radius 1 is 1.46 bits per heavy atom. The van der Waals surface area contributed by atoms with Crippen LogP contribution in [0.4, 0.5) is 0 Å². The smallest absolute Gasteiger partial charge is 0.348 e. The van der Waals surface area contributed by atoms with Crippen molar-refractivity contribution in [2.24, 2.45) is 0 Å². The second-order valence-electron chi connectivity index (χ2n) is 1.97. The zero-order chi connectivity index (χ0) is 10.3. The van der Waals surface area contributed by atoms with Gasteiger partial charge in [0.05, 0.1) is 6.61 Å². The van der Waals surface area contributed by atoms with Crippen LogP contribution >= 0.6 is 0 Å². The highest BCUT2D eigenvalue weighted by Gasteiger charge is 2.10. The topological polar surface area (TPSA) is 76.4 Å². The van der Waals surface area contributed by atoms with E-state index in [1.54, 1.807) is 6.92 Å². The van der Waals surface area contributed by atoms with E-state index in [1.165, 1.54) is 6.07 Å². The summed E-state index contributed by atoms with van der Waals surface area (Å²) in [5.74, 6) is -1.56. The van der Waals surface area contributed by atoms with Crippen molar-refractivity contribution in [1.82, 2.24) is 0 Å². The first-order chi connectivity index (χ1) is 6.11. The van der Waals surface area contributed by atoms with Crippen LogP contribution in [-0.4, -0.2) is 25.2 Å². The minimum atomic E-state index is -0.907. The summed E-state index contributed by atoms with van der Waals surface area (Å²) in [5, 5.41) is 8.21. The Kier molecular flexibility index (Phi) is 4.96. The van der Waals surface area contributed by atoms with Crippen molar-refractivity contribution in [3.05, 3.63) is 12.2 Å². The summed E-state index contributed by atoms with van der Waals surface area (Å²) in [4.78, 5) is 21.4. The Morgan fingerprint density at radius 3 is 2.54 bits per heavy atom. The van der Waals surface area contributed by atoms with Gasteiger partial charge in [0, 0.05) is 0 Å². The van der Waals surface area contributed by atoms with Gasteiger partial charge in [-0.15, -0.1) is 0 Å². The summed E-state index contributed by atoms with van der Waals surface area (Å²) in [5.41, 5.74) is -0.343. The fourth-order valence-electron chi connectivity index (χ4n) is 0.460. The molecule has 0 N–H and O–H groups in total. The molecule has 0 aromatic carbocycles. The highest BCUT2D eigenvalue weighted by molar-refractivity contribution is 5.93. The minimum Gasteiger partial charge on any atom is -0.463 e. The molecule has 13 heavy (non-hydrogen) atoms. The van der Waals surface area contributed by atoms with E-state index >= 15 is 0 Å². The van der Waals surface area contributed by atoms with Crippen LogP contribution < -0.4 is 0 Å². The molecular formula is C8H9NO4. The summed E-state index contributed by atoms with van der Waals surface area (Å²) in [6, 6.07) is 1.50. The van der Waals surface area contributed by atoms with Crippen molar-refractivity contribution in [2.75, 3.05) is 13.2 Å². The maximum Gasteiger partial charge on any atom is 0.348 e. The molecule has 0 saturated carbocycles. The monoisotopic (exact) mass is 183 g/mol. The fraction of sp³-hybridized carbons (Fsp3) is 0.375.